The zero-order valence-electron chi connectivity index (χ0n) is 13.4. The summed E-state index contributed by atoms with van der Waals surface area (Å²) in [4.78, 5) is 0.161. The predicted octanol–water partition coefficient (Wildman–Crippen LogP) is 1.91. The fraction of sp³-hybridized carbons (Fsp3) is 0.250. The number of nitrogens with zero attached hydrogens (tertiary/aromatic N) is 2. The molecule has 0 unspecified atom stereocenters. The van der Waals surface area contributed by atoms with E-state index in [0.29, 0.717) is 0 Å². The summed E-state index contributed by atoms with van der Waals surface area (Å²) in [6.45, 7) is 3.99. The highest BCUT2D eigenvalue weighted by atomic mass is 32.2. The molecular formula is C16H18N2O4S2. The fourth-order valence-corrected chi connectivity index (χ4v) is 5.67. The standard InChI is InChI=1S/C16H18N2O4S2/c1-13-3-7-15(8-4-13)23(19,20)17-11-12-18(17)24(21,22)16-9-5-14(2)6-10-16/h3-10H,11-12H2,1-2H3. The van der Waals surface area contributed by atoms with Crippen molar-refractivity contribution in [3.8, 4) is 0 Å². The number of benzene rings is 2. The van der Waals surface area contributed by atoms with Crippen molar-refractivity contribution < 1.29 is 16.8 Å². The average Bonchev–Trinajstić information content (AvgIpc) is 2.46. The number of aryl methyl sites for hydroxylation is 2. The lowest BCUT2D eigenvalue weighted by atomic mass is 10.2. The van der Waals surface area contributed by atoms with Crippen molar-refractivity contribution in [3.63, 3.8) is 0 Å². The zero-order valence-corrected chi connectivity index (χ0v) is 15.0. The van der Waals surface area contributed by atoms with Crippen LogP contribution in [-0.2, 0) is 20.0 Å². The van der Waals surface area contributed by atoms with Gasteiger partial charge in [0.2, 0.25) is 0 Å². The van der Waals surface area contributed by atoms with Gasteiger partial charge in [-0.15, -0.1) is 8.83 Å². The van der Waals surface area contributed by atoms with Crippen LogP contribution in [-0.4, -0.2) is 38.8 Å². The van der Waals surface area contributed by atoms with Crippen molar-refractivity contribution in [2.24, 2.45) is 0 Å². The molecule has 0 aromatic heterocycles. The van der Waals surface area contributed by atoms with Gasteiger partial charge in [-0.25, -0.2) is 16.8 Å². The molecule has 128 valence electrons. The Balaban J connectivity index is 1.94. The Morgan fingerprint density at radius 1 is 0.625 bits per heavy atom. The van der Waals surface area contributed by atoms with Gasteiger partial charge >= 0.3 is 0 Å². The minimum atomic E-state index is -3.89. The van der Waals surface area contributed by atoms with Gasteiger partial charge < -0.3 is 0 Å². The van der Waals surface area contributed by atoms with Gasteiger partial charge in [-0.2, -0.15) is 0 Å². The van der Waals surface area contributed by atoms with Crippen LogP contribution in [0.25, 0.3) is 0 Å². The van der Waals surface area contributed by atoms with E-state index >= 15 is 0 Å². The van der Waals surface area contributed by atoms with Crippen LogP contribution in [0.1, 0.15) is 11.1 Å². The first-order valence-electron chi connectivity index (χ1n) is 7.42. The molecule has 1 aliphatic heterocycles. The van der Waals surface area contributed by atoms with E-state index in [1.54, 1.807) is 24.3 Å². The third kappa shape index (κ3) is 2.86. The van der Waals surface area contributed by atoms with Gasteiger partial charge in [-0.05, 0) is 38.1 Å². The van der Waals surface area contributed by atoms with Gasteiger partial charge in [0.15, 0.2) is 0 Å². The van der Waals surface area contributed by atoms with E-state index in [1.165, 1.54) is 24.3 Å². The van der Waals surface area contributed by atoms with E-state index < -0.39 is 20.0 Å². The maximum atomic E-state index is 12.7. The third-order valence-electron chi connectivity index (χ3n) is 3.92. The summed E-state index contributed by atoms with van der Waals surface area (Å²) >= 11 is 0. The first kappa shape index (κ1) is 17.1. The quantitative estimate of drug-likeness (QED) is 0.828. The molecule has 0 atom stereocenters. The third-order valence-corrected chi connectivity index (χ3v) is 7.63. The number of hydrogen-bond acceptors (Lipinski definition) is 4. The normalized spacial score (nSPS) is 16.8. The highest BCUT2D eigenvalue weighted by Crippen LogP contribution is 2.29. The van der Waals surface area contributed by atoms with E-state index in [1.807, 2.05) is 13.8 Å². The smallest absolute Gasteiger partial charge is 0.206 e. The summed E-state index contributed by atoms with van der Waals surface area (Å²) in [5.74, 6) is 0. The van der Waals surface area contributed by atoms with E-state index in [2.05, 4.69) is 0 Å². The summed E-state index contributed by atoms with van der Waals surface area (Å²) < 4.78 is 52.6. The van der Waals surface area contributed by atoms with Crippen LogP contribution in [0, 0.1) is 13.8 Å². The molecule has 0 bridgehead atoms. The first-order valence-corrected chi connectivity index (χ1v) is 10.3. The molecular weight excluding hydrogens is 348 g/mol. The van der Waals surface area contributed by atoms with Crippen LogP contribution in [0.3, 0.4) is 0 Å². The predicted molar refractivity (Wildman–Crippen MR) is 90.1 cm³/mol. The molecule has 0 saturated carbocycles. The van der Waals surface area contributed by atoms with E-state index in [-0.39, 0.29) is 22.9 Å². The summed E-state index contributed by atoms with van der Waals surface area (Å²) in [5.41, 5.74) is 1.86. The van der Waals surface area contributed by atoms with Gasteiger partial charge in [0.1, 0.15) is 0 Å². The van der Waals surface area contributed by atoms with Gasteiger partial charge in [-0.1, -0.05) is 35.4 Å². The highest BCUT2D eigenvalue weighted by Gasteiger charge is 2.44. The monoisotopic (exact) mass is 366 g/mol. The lowest BCUT2D eigenvalue weighted by Gasteiger charge is -2.41. The second kappa shape index (κ2) is 5.96. The molecule has 0 N–H and O–H groups in total. The molecule has 0 radical (unpaired) electrons. The lowest BCUT2D eigenvalue weighted by Crippen LogP contribution is -2.61. The highest BCUT2D eigenvalue weighted by molar-refractivity contribution is 7.92. The van der Waals surface area contributed by atoms with Crippen LogP contribution in [0.4, 0.5) is 0 Å². The maximum Gasteiger partial charge on any atom is 0.256 e. The van der Waals surface area contributed by atoms with E-state index in [9.17, 15) is 16.8 Å². The van der Waals surface area contributed by atoms with Crippen molar-refractivity contribution in [2.75, 3.05) is 13.1 Å². The molecule has 1 heterocycles. The molecule has 0 amide bonds. The van der Waals surface area contributed by atoms with Crippen LogP contribution in [0.15, 0.2) is 58.3 Å². The molecule has 8 heteroatoms. The average molecular weight is 366 g/mol. The zero-order chi connectivity index (χ0) is 17.5. The Hall–Kier alpha value is -1.74. The summed E-state index contributed by atoms with van der Waals surface area (Å²) in [6, 6.07) is 12.7. The summed E-state index contributed by atoms with van der Waals surface area (Å²) in [5, 5.41) is 0. The van der Waals surface area contributed by atoms with Crippen LogP contribution < -0.4 is 0 Å². The van der Waals surface area contributed by atoms with Crippen molar-refractivity contribution in [1.29, 1.82) is 0 Å². The molecule has 6 nitrogen and oxygen atoms in total. The molecule has 1 aliphatic rings. The number of hydrogen-bond donors (Lipinski definition) is 0. The molecule has 0 spiro atoms. The van der Waals surface area contributed by atoms with Crippen molar-refractivity contribution in [3.05, 3.63) is 59.7 Å². The Morgan fingerprint density at radius 2 is 0.917 bits per heavy atom. The molecule has 24 heavy (non-hydrogen) atoms. The lowest BCUT2D eigenvalue weighted by molar-refractivity contribution is 0.0645. The van der Waals surface area contributed by atoms with Gasteiger partial charge in [0, 0.05) is 13.1 Å². The number of rotatable bonds is 4. The Bertz CT molecular complexity index is 869. The van der Waals surface area contributed by atoms with Crippen molar-refractivity contribution in [2.45, 2.75) is 23.6 Å². The van der Waals surface area contributed by atoms with E-state index in [0.717, 1.165) is 20.0 Å². The summed E-state index contributed by atoms with van der Waals surface area (Å²) in [7, 11) is -7.77. The minimum Gasteiger partial charge on any atom is -0.206 e. The Labute approximate surface area is 142 Å². The van der Waals surface area contributed by atoms with Gasteiger partial charge in [0.25, 0.3) is 20.0 Å². The molecule has 2 aromatic carbocycles. The molecule has 1 saturated heterocycles. The number of hydrazine groups is 1. The molecule has 3 rings (SSSR count). The second-order valence-corrected chi connectivity index (χ2v) is 9.41. The van der Waals surface area contributed by atoms with Crippen molar-refractivity contribution in [1.82, 2.24) is 8.83 Å². The first-order chi connectivity index (χ1) is 11.2. The number of sulfonamides is 2. The molecule has 2 aromatic rings. The van der Waals surface area contributed by atoms with Crippen molar-refractivity contribution >= 4 is 20.0 Å². The maximum absolute atomic E-state index is 12.7. The second-order valence-electron chi connectivity index (χ2n) is 5.73. The fourth-order valence-electron chi connectivity index (χ4n) is 2.41. The SMILES string of the molecule is Cc1ccc(S(=O)(=O)N2CCN2S(=O)(=O)c2ccc(C)cc2)cc1. The van der Waals surface area contributed by atoms with Crippen LogP contribution >= 0.6 is 0 Å². The Kier molecular flexibility index (Phi) is 4.25. The summed E-state index contributed by atoms with van der Waals surface area (Å²) in [6.07, 6.45) is 0. The molecule has 1 fully saturated rings. The van der Waals surface area contributed by atoms with Gasteiger partial charge in [0.05, 0.1) is 9.79 Å². The Morgan fingerprint density at radius 3 is 1.17 bits per heavy atom. The van der Waals surface area contributed by atoms with Gasteiger partial charge in [-0.3, -0.25) is 0 Å². The molecule has 0 aliphatic carbocycles. The van der Waals surface area contributed by atoms with E-state index in [4.69, 9.17) is 0 Å². The van der Waals surface area contributed by atoms with Crippen LogP contribution in [0.5, 0.6) is 0 Å². The topological polar surface area (TPSA) is 74.8 Å². The minimum absolute atomic E-state index is 0.0805. The largest absolute Gasteiger partial charge is 0.256 e. The van der Waals surface area contributed by atoms with Crippen LogP contribution in [0.2, 0.25) is 0 Å².